The molecule has 1 N–H and O–H groups in total. The number of hydrogen-bond acceptors (Lipinski definition) is 4. The quantitative estimate of drug-likeness (QED) is 0.679. The number of thiazole rings is 1. The lowest BCUT2D eigenvalue weighted by atomic mass is 9.97. The van der Waals surface area contributed by atoms with Gasteiger partial charge in [0, 0.05) is 11.3 Å². The van der Waals surface area contributed by atoms with E-state index >= 15 is 0 Å². The predicted molar refractivity (Wildman–Crippen MR) is 113 cm³/mol. The van der Waals surface area contributed by atoms with E-state index in [-0.39, 0.29) is 5.82 Å². The van der Waals surface area contributed by atoms with Crippen LogP contribution in [0.1, 0.15) is 32.3 Å². The summed E-state index contributed by atoms with van der Waals surface area (Å²) >= 11 is 1.63. The Morgan fingerprint density at radius 2 is 2.00 bits per heavy atom. The summed E-state index contributed by atoms with van der Waals surface area (Å²) in [5, 5.41) is 0.994. The predicted octanol–water partition coefficient (Wildman–Crippen LogP) is 4.65. The Morgan fingerprint density at radius 1 is 1.18 bits per heavy atom. The van der Waals surface area contributed by atoms with Crippen molar-refractivity contribution in [1.82, 2.24) is 4.98 Å². The van der Waals surface area contributed by atoms with E-state index in [1.54, 1.807) is 35.6 Å². The van der Waals surface area contributed by atoms with Gasteiger partial charge in [0.1, 0.15) is 5.82 Å². The molecule has 0 saturated carbocycles. The Bertz CT molecular complexity index is 1200. The second-order valence-electron chi connectivity index (χ2n) is 6.87. The molecule has 1 heterocycles. The SMILES string of the molecule is Cc1nc2c(s1)/C(=C/c1cccc(NS(C)(=O)=O)c1)c1ccc(F)cc1CC2. The largest absolute Gasteiger partial charge is 0.284 e. The summed E-state index contributed by atoms with van der Waals surface area (Å²) in [6, 6.07) is 12.1. The molecular weight excluding hydrogens is 395 g/mol. The molecule has 0 atom stereocenters. The molecule has 0 bridgehead atoms. The highest BCUT2D eigenvalue weighted by Crippen LogP contribution is 2.38. The second-order valence-corrected chi connectivity index (χ2v) is 9.82. The molecule has 1 aliphatic rings. The topological polar surface area (TPSA) is 59.1 Å². The Morgan fingerprint density at radius 3 is 2.79 bits per heavy atom. The first-order valence-electron chi connectivity index (χ1n) is 8.83. The van der Waals surface area contributed by atoms with Crippen LogP contribution in [-0.2, 0) is 22.9 Å². The minimum atomic E-state index is -3.35. The van der Waals surface area contributed by atoms with Crippen molar-refractivity contribution < 1.29 is 12.8 Å². The molecule has 7 heteroatoms. The third-order valence-electron chi connectivity index (χ3n) is 4.54. The lowest BCUT2D eigenvalue weighted by molar-refractivity contribution is 0.607. The van der Waals surface area contributed by atoms with Gasteiger partial charge in [-0.1, -0.05) is 18.2 Å². The third-order valence-corrected chi connectivity index (χ3v) is 6.19. The molecule has 0 radical (unpaired) electrons. The van der Waals surface area contributed by atoms with Gasteiger partial charge in [-0.05, 0) is 66.8 Å². The lowest BCUT2D eigenvalue weighted by Crippen LogP contribution is -2.09. The minimum absolute atomic E-state index is 0.244. The van der Waals surface area contributed by atoms with Gasteiger partial charge in [0.15, 0.2) is 0 Å². The van der Waals surface area contributed by atoms with Crippen LogP contribution in [-0.4, -0.2) is 19.7 Å². The van der Waals surface area contributed by atoms with Crippen LogP contribution in [0.2, 0.25) is 0 Å². The van der Waals surface area contributed by atoms with E-state index < -0.39 is 10.0 Å². The number of sulfonamides is 1. The fourth-order valence-corrected chi connectivity index (χ4v) is 5.02. The maximum Gasteiger partial charge on any atom is 0.229 e. The van der Waals surface area contributed by atoms with Crippen molar-refractivity contribution in [2.75, 3.05) is 11.0 Å². The average Bonchev–Trinajstić information content (AvgIpc) is 2.92. The highest BCUT2D eigenvalue weighted by atomic mass is 32.2. The Hall–Kier alpha value is -2.51. The molecule has 0 amide bonds. The summed E-state index contributed by atoms with van der Waals surface area (Å²) in [6.07, 6.45) is 4.64. The van der Waals surface area contributed by atoms with E-state index in [9.17, 15) is 12.8 Å². The van der Waals surface area contributed by atoms with Crippen LogP contribution in [0.3, 0.4) is 0 Å². The second kappa shape index (κ2) is 7.14. The Balaban J connectivity index is 1.87. The molecular formula is C21H19FN2O2S2. The zero-order chi connectivity index (χ0) is 19.9. The van der Waals surface area contributed by atoms with E-state index in [4.69, 9.17) is 0 Å². The van der Waals surface area contributed by atoms with Crippen LogP contribution in [0.5, 0.6) is 0 Å². The molecule has 0 fully saturated rings. The highest BCUT2D eigenvalue weighted by Gasteiger charge is 2.22. The van der Waals surface area contributed by atoms with E-state index in [0.717, 1.165) is 56.9 Å². The van der Waals surface area contributed by atoms with E-state index in [2.05, 4.69) is 9.71 Å². The first-order chi connectivity index (χ1) is 13.3. The number of halogens is 1. The van der Waals surface area contributed by atoms with Crippen LogP contribution in [0.15, 0.2) is 42.5 Å². The zero-order valence-corrected chi connectivity index (χ0v) is 17.1. The van der Waals surface area contributed by atoms with Crippen molar-refractivity contribution in [2.24, 2.45) is 0 Å². The van der Waals surface area contributed by atoms with Crippen molar-refractivity contribution >= 4 is 38.7 Å². The normalized spacial score (nSPS) is 15.0. The molecule has 0 spiro atoms. The lowest BCUT2D eigenvalue weighted by Gasteiger charge is -2.11. The first-order valence-corrected chi connectivity index (χ1v) is 11.5. The number of rotatable bonds is 3. The van der Waals surface area contributed by atoms with Gasteiger partial charge in [0.25, 0.3) is 0 Å². The number of benzene rings is 2. The highest BCUT2D eigenvalue weighted by molar-refractivity contribution is 7.92. The molecule has 144 valence electrons. The van der Waals surface area contributed by atoms with E-state index in [1.165, 1.54) is 6.07 Å². The number of fused-ring (bicyclic) bond motifs is 2. The van der Waals surface area contributed by atoms with Crippen LogP contribution in [0.4, 0.5) is 10.1 Å². The van der Waals surface area contributed by atoms with Gasteiger partial charge < -0.3 is 0 Å². The summed E-state index contributed by atoms with van der Waals surface area (Å²) in [7, 11) is -3.35. The van der Waals surface area contributed by atoms with Crippen LogP contribution in [0.25, 0.3) is 11.6 Å². The van der Waals surface area contributed by atoms with Crippen molar-refractivity contribution in [2.45, 2.75) is 19.8 Å². The summed E-state index contributed by atoms with van der Waals surface area (Å²) < 4.78 is 39.4. The molecule has 3 aromatic rings. The monoisotopic (exact) mass is 414 g/mol. The zero-order valence-electron chi connectivity index (χ0n) is 15.5. The molecule has 0 saturated heterocycles. The summed E-state index contributed by atoms with van der Waals surface area (Å²) in [6.45, 7) is 1.99. The van der Waals surface area contributed by atoms with E-state index in [0.29, 0.717) is 5.69 Å². The molecule has 4 nitrogen and oxygen atoms in total. The fourth-order valence-electron chi connectivity index (χ4n) is 3.47. The van der Waals surface area contributed by atoms with Crippen LogP contribution in [0, 0.1) is 12.7 Å². The standard InChI is InChI=1S/C21H19FN2O2S2/c1-13-23-20-9-6-15-12-16(22)7-8-18(15)19(21(20)27-13)11-14-4-3-5-17(10-14)24-28(2,25)26/h3-5,7-8,10-12,24H,6,9H2,1-2H3/b19-11+. The smallest absolute Gasteiger partial charge is 0.229 e. The number of aromatic nitrogens is 1. The maximum atomic E-state index is 13.8. The number of anilines is 1. The Kier molecular flexibility index (Phi) is 4.81. The van der Waals surface area contributed by atoms with E-state index in [1.807, 2.05) is 25.1 Å². The molecule has 1 aliphatic carbocycles. The maximum absolute atomic E-state index is 13.8. The molecule has 1 aromatic heterocycles. The van der Waals surface area contributed by atoms with Gasteiger partial charge in [-0.25, -0.2) is 17.8 Å². The molecule has 4 rings (SSSR count). The number of aryl methyl sites for hydroxylation is 3. The fraction of sp³-hybridized carbons (Fsp3) is 0.190. The molecule has 28 heavy (non-hydrogen) atoms. The van der Waals surface area contributed by atoms with Crippen LogP contribution < -0.4 is 4.72 Å². The Labute approximate surface area is 167 Å². The number of nitrogens with zero attached hydrogens (tertiary/aromatic N) is 1. The summed E-state index contributed by atoms with van der Waals surface area (Å²) in [5.41, 5.74) is 5.33. The first kappa shape index (κ1) is 18.8. The summed E-state index contributed by atoms with van der Waals surface area (Å²) in [4.78, 5) is 5.75. The third kappa shape index (κ3) is 4.00. The van der Waals surface area contributed by atoms with Gasteiger partial charge in [0.2, 0.25) is 10.0 Å². The van der Waals surface area contributed by atoms with Gasteiger partial charge >= 0.3 is 0 Å². The number of hydrogen-bond donors (Lipinski definition) is 1. The summed E-state index contributed by atoms with van der Waals surface area (Å²) in [5.74, 6) is -0.244. The van der Waals surface area contributed by atoms with Gasteiger partial charge in [-0.3, -0.25) is 4.72 Å². The molecule has 0 unspecified atom stereocenters. The molecule has 0 aliphatic heterocycles. The van der Waals surface area contributed by atoms with Crippen molar-refractivity contribution in [3.05, 3.63) is 80.6 Å². The number of nitrogens with one attached hydrogen (secondary N) is 1. The van der Waals surface area contributed by atoms with Crippen molar-refractivity contribution in [1.29, 1.82) is 0 Å². The minimum Gasteiger partial charge on any atom is -0.284 e. The average molecular weight is 415 g/mol. The van der Waals surface area contributed by atoms with Gasteiger partial charge in [-0.15, -0.1) is 11.3 Å². The molecule has 2 aromatic carbocycles. The van der Waals surface area contributed by atoms with Gasteiger partial charge in [0.05, 0.1) is 21.8 Å². The van der Waals surface area contributed by atoms with Crippen molar-refractivity contribution in [3.63, 3.8) is 0 Å². The van der Waals surface area contributed by atoms with Crippen LogP contribution >= 0.6 is 11.3 Å². The van der Waals surface area contributed by atoms with Gasteiger partial charge in [-0.2, -0.15) is 0 Å². The van der Waals surface area contributed by atoms with Crippen molar-refractivity contribution in [3.8, 4) is 0 Å².